The van der Waals surface area contributed by atoms with Crippen molar-refractivity contribution in [3.63, 3.8) is 0 Å². The van der Waals surface area contributed by atoms with Crippen LogP contribution in [0.5, 0.6) is 0 Å². The van der Waals surface area contributed by atoms with Crippen LogP contribution in [-0.2, 0) is 4.74 Å². The Labute approximate surface area is 60.6 Å². The number of rotatable bonds is 1. The quantitative estimate of drug-likeness (QED) is 0.534. The second-order valence-corrected chi connectivity index (χ2v) is 3.13. The summed E-state index contributed by atoms with van der Waals surface area (Å²) in [5.74, 6) is 0. The van der Waals surface area contributed by atoms with E-state index in [4.69, 9.17) is 4.74 Å². The first kappa shape index (κ1) is 6.58. The number of aliphatic hydroxyl groups is 1. The van der Waals surface area contributed by atoms with Gasteiger partial charge in [0.1, 0.15) is 0 Å². The van der Waals surface area contributed by atoms with Crippen LogP contribution in [0.25, 0.3) is 0 Å². The van der Waals surface area contributed by atoms with Gasteiger partial charge in [-0.3, -0.25) is 4.90 Å². The van der Waals surface area contributed by atoms with Crippen molar-refractivity contribution >= 4 is 0 Å². The number of likely N-dealkylation sites (tertiary alicyclic amines) is 1. The highest BCUT2D eigenvalue weighted by Gasteiger charge is 2.31. The van der Waals surface area contributed by atoms with Gasteiger partial charge in [0.25, 0.3) is 0 Å². The van der Waals surface area contributed by atoms with Gasteiger partial charge in [0.05, 0.1) is 25.4 Å². The number of ether oxygens (including phenoxy) is 1. The number of β-amino-alcohol motifs (C(OH)–C–C–N with tert-alkyl or cyclic N) is 1. The number of hydrogen-bond acceptors (Lipinski definition) is 3. The maximum absolute atomic E-state index is 9.19. The summed E-state index contributed by atoms with van der Waals surface area (Å²) in [4.78, 5) is 2.31. The van der Waals surface area contributed by atoms with Gasteiger partial charge in [-0.25, -0.2) is 0 Å². The Morgan fingerprint density at radius 3 is 2.60 bits per heavy atom. The lowest BCUT2D eigenvalue weighted by molar-refractivity contribution is -0.0597. The highest BCUT2D eigenvalue weighted by molar-refractivity contribution is 4.84. The van der Waals surface area contributed by atoms with Crippen LogP contribution in [0.1, 0.15) is 6.42 Å². The maximum atomic E-state index is 9.19. The third kappa shape index (κ3) is 1.05. The fraction of sp³-hybridized carbons (Fsp3) is 1.00. The fourth-order valence-electron chi connectivity index (χ4n) is 1.53. The Kier molecular flexibility index (Phi) is 1.64. The molecule has 10 heavy (non-hydrogen) atoms. The molecule has 0 aromatic rings. The van der Waals surface area contributed by atoms with Crippen LogP contribution >= 0.6 is 0 Å². The van der Waals surface area contributed by atoms with Gasteiger partial charge in [-0.15, -0.1) is 0 Å². The summed E-state index contributed by atoms with van der Waals surface area (Å²) < 4.78 is 5.06. The average Bonchev–Trinajstić information content (AvgIpc) is 2.10. The van der Waals surface area contributed by atoms with Gasteiger partial charge in [-0.2, -0.15) is 0 Å². The van der Waals surface area contributed by atoms with Gasteiger partial charge >= 0.3 is 0 Å². The van der Waals surface area contributed by atoms with Gasteiger partial charge in [-0.1, -0.05) is 0 Å². The molecule has 2 fully saturated rings. The van der Waals surface area contributed by atoms with E-state index in [1.165, 1.54) is 0 Å². The summed E-state index contributed by atoms with van der Waals surface area (Å²) in [5, 5.41) is 9.19. The predicted molar refractivity (Wildman–Crippen MR) is 36.8 cm³/mol. The second kappa shape index (κ2) is 2.49. The van der Waals surface area contributed by atoms with Crippen LogP contribution in [0.2, 0.25) is 0 Å². The molecule has 0 bridgehead atoms. The molecule has 1 unspecified atom stereocenters. The Hall–Kier alpha value is -0.120. The minimum Gasteiger partial charge on any atom is -0.392 e. The molecule has 2 aliphatic heterocycles. The van der Waals surface area contributed by atoms with Crippen LogP contribution < -0.4 is 0 Å². The molecule has 0 aromatic heterocycles. The van der Waals surface area contributed by atoms with E-state index in [0.717, 1.165) is 32.7 Å². The van der Waals surface area contributed by atoms with Gasteiger partial charge in [-0.05, 0) is 6.42 Å². The van der Waals surface area contributed by atoms with Gasteiger partial charge < -0.3 is 9.84 Å². The fourth-order valence-corrected chi connectivity index (χ4v) is 1.53. The van der Waals surface area contributed by atoms with Crippen LogP contribution in [-0.4, -0.2) is 48.5 Å². The molecule has 0 saturated carbocycles. The van der Waals surface area contributed by atoms with E-state index in [1.807, 2.05) is 0 Å². The summed E-state index contributed by atoms with van der Waals surface area (Å²) >= 11 is 0. The molecule has 1 atom stereocenters. The van der Waals surface area contributed by atoms with Crippen molar-refractivity contribution in [2.45, 2.75) is 18.6 Å². The number of nitrogens with zero attached hydrogens (tertiary/aromatic N) is 1. The molecule has 1 N–H and O–H groups in total. The van der Waals surface area contributed by atoms with Crippen molar-refractivity contribution in [1.29, 1.82) is 0 Å². The first-order chi connectivity index (χ1) is 4.86. The van der Waals surface area contributed by atoms with Crippen molar-refractivity contribution in [2.24, 2.45) is 0 Å². The molecule has 2 saturated heterocycles. The van der Waals surface area contributed by atoms with E-state index in [0.29, 0.717) is 6.04 Å². The molecule has 0 spiro atoms. The lowest BCUT2D eigenvalue weighted by atomic mass is 10.2. The van der Waals surface area contributed by atoms with Gasteiger partial charge in [0.2, 0.25) is 0 Å². The molecular weight excluding hydrogens is 130 g/mol. The zero-order chi connectivity index (χ0) is 6.97. The summed E-state index contributed by atoms with van der Waals surface area (Å²) in [6.07, 6.45) is 0.858. The average molecular weight is 143 g/mol. The highest BCUT2D eigenvalue weighted by Crippen LogP contribution is 2.17. The summed E-state index contributed by atoms with van der Waals surface area (Å²) in [6.45, 7) is 3.64. The van der Waals surface area contributed by atoms with E-state index in [1.54, 1.807) is 0 Å². The Morgan fingerprint density at radius 2 is 2.20 bits per heavy atom. The van der Waals surface area contributed by atoms with Crippen LogP contribution in [0.4, 0.5) is 0 Å². The molecule has 3 nitrogen and oxygen atoms in total. The zero-order valence-electron chi connectivity index (χ0n) is 5.99. The Balaban J connectivity index is 1.82. The van der Waals surface area contributed by atoms with E-state index in [9.17, 15) is 5.11 Å². The minimum atomic E-state index is -0.0828. The Bertz CT molecular complexity index is 125. The number of aliphatic hydroxyl groups excluding tert-OH is 1. The van der Waals surface area contributed by atoms with Crippen LogP contribution in [0.3, 0.4) is 0 Å². The molecule has 3 heteroatoms. The molecule has 0 aliphatic carbocycles. The van der Waals surface area contributed by atoms with Crippen LogP contribution in [0.15, 0.2) is 0 Å². The monoisotopic (exact) mass is 143 g/mol. The van der Waals surface area contributed by atoms with E-state index < -0.39 is 0 Å². The SMILES string of the molecule is OC1CCN(C2COC2)C1. The number of hydrogen-bond donors (Lipinski definition) is 1. The van der Waals surface area contributed by atoms with Gasteiger partial charge in [0, 0.05) is 13.1 Å². The van der Waals surface area contributed by atoms with Gasteiger partial charge in [0.15, 0.2) is 0 Å². The summed E-state index contributed by atoms with van der Waals surface area (Å²) in [6, 6.07) is 0.608. The van der Waals surface area contributed by atoms with Crippen molar-refractivity contribution < 1.29 is 9.84 Å². The largest absolute Gasteiger partial charge is 0.392 e. The van der Waals surface area contributed by atoms with Crippen molar-refractivity contribution in [3.8, 4) is 0 Å². The Morgan fingerprint density at radius 1 is 1.40 bits per heavy atom. The molecular formula is C7H13NO2. The van der Waals surface area contributed by atoms with Crippen molar-refractivity contribution in [1.82, 2.24) is 4.90 Å². The minimum absolute atomic E-state index is 0.0828. The summed E-state index contributed by atoms with van der Waals surface area (Å²) in [5.41, 5.74) is 0. The molecule has 0 amide bonds. The second-order valence-electron chi connectivity index (χ2n) is 3.13. The van der Waals surface area contributed by atoms with Crippen molar-refractivity contribution in [2.75, 3.05) is 26.3 Å². The predicted octanol–water partition coefficient (Wildman–Crippen LogP) is -0.548. The molecule has 58 valence electrons. The normalized spacial score (nSPS) is 36.3. The standard InChI is InChI=1S/C7H13NO2/c9-7-1-2-8(3-7)6-4-10-5-6/h6-7,9H,1-5H2. The lowest BCUT2D eigenvalue weighted by Crippen LogP contribution is -2.48. The molecule has 2 aliphatic rings. The molecule has 0 aromatic carbocycles. The maximum Gasteiger partial charge on any atom is 0.0679 e. The molecule has 2 heterocycles. The smallest absolute Gasteiger partial charge is 0.0679 e. The first-order valence-corrected chi connectivity index (χ1v) is 3.86. The molecule has 2 rings (SSSR count). The van der Waals surface area contributed by atoms with Crippen molar-refractivity contribution in [3.05, 3.63) is 0 Å². The topological polar surface area (TPSA) is 32.7 Å². The summed E-state index contributed by atoms with van der Waals surface area (Å²) in [7, 11) is 0. The first-order valence-electron chi connectivity index (χ1n) is 3.86. The zero-order valence-corrected chi connectivity index (χ0v) is 5.99. The van der Waals surface area contributed by atoms with E-state index in [2.05, 4.69) is 4.90 Å². The third-order valence-electron chi connectivity index (χ3n) is 2.33. The van der Waals surface area contributed by atoms with Crippen LogP contribution in [0, 0.1) is 0 Å². The van der Waals surface area contributed by atoms with E-state index in [-0.39, 0.29) is 6.10 Å². The molecule has 0 radical (unpaired) electrons. The third-order valence-corrected chi connectivity index (χ3v) is 2.33. The highest BCUT2D eigenvalue weighted by atomic mass is 16.5. The van der Waals surface area contributed by atoms with E-state index >= 15 is 0 Å². The lowest BCUT2D eigenvalue weighted by Gasteiger charge is -2.34.